The van der Waals surface area contributed by atoms with Gasteiger partial charge in [-0.1, -0.05) is 59.6 Å². The first kappa shape index (κ1) is 20.2. The second-order valence-electron chi connectivity index (χ2n) is 6.51. The molecule has 0 aliphatic carbocycles. The molecule has 7 heteroatoms. The van der Waals surface area contributed by atoms with E-state index >= 15 is 0 Å². The van der Waals surface area contributed by atoms with E-state index in [0.29, 0.717) is 22.5 Å². The van der Waals surface area contributed by atoms with Crippen LogP contribution < -0.4 is 11.1 Å². The molecule has 1 aromatic heterocycles. The number of nitrogens with one attached hydrogen (secondary N) is 1. The lowest BCUT2D eigenvalue weighted by atomic mass is 10.1. The predicted molar refractivity (Wildman–Crippen MR) is 116 cm³/mol. The molecule has 0 amide bonds. The van der Waals surface area contributed by atoms with Crippen LogP contribution in [0.25, 0.3) is 0 Å². The van der Waals surface area contributed by atoms with Crippen LogP contribution >= 0.6 is 23.2 Å². The predicted octanol–water partition coefficient (Wildman–Crippen LogP) is 4.60. The lowest BCUT2D eigenvalue weighted by molar-refractivity contribution is 0.648. The highest BCUT2D eigenvalue weighted by Gasteiger charge is 2.11. The molecule has 1 unspecified atom stereocenters. The number of rotatable bonds is 7. The number of imidazole rings is 1. The van der Waals surface area contributed by atoms with E-state index in [4.69, 9.17) is 28.9 Å². The Hall–Kier alpha value is -2.50. The Balaban J connectivity index is 1.58. The van der Waals surface area contributed by atoms with Gasteiger partial charge in [-0.05, 0) is 36.6 Å². The number of aromatic nitrogens is 2. The van der Waals surface area contributed by atoms with Gasteiger partial charge in [-0.25, -0.2) is 9.98 Å². The third kappa shape index (κ3) is 5.50. The minimum Gasteiger partial charge on any atom is -0.370 e. The van der Waals surface area contributed by atoms with Crippen molar-refractivity contribution in [3.05, 3.63) is 87.9 Å². The third-order valence-electron chi connectivity index (χ3n) is 4.47. The van der Waals surface area contributed by atoms with Gasteiger partial charge in [-0.3, -0.25) is 0 Å². The maximum atomic E-state index is 6.25. The summed E-state index contributed by atoms with van der Waals surface area (Å²) in [6, 6.07) is 15.7. The van der Waals surface area contributed by atoms with Crippen molar-refractivity contribution in [3.8, 4) is 0 Å². The molecule has 0 fully saturated rings. The number of nitrogens with zero attached hydrogens (tertiary/aromatic N) is 3. The fourth-order valence-electron chi connectivity index (χ4n) is 2.94. The number of guanidine groups is 1. The Morgan fingerprint density at radius 3 is 2.75 bits per heavy atom. The average Bonchev–Trinajstić information content (AvgIpc) is 3.13. The number of halogens is 2. The van der Waals surface area contributed by atoms with Crippen LogP contribution in [0.1, 0.15) is 29.9 Å². The molecular formula is C21H23Cl2N5. The van der Waals surface area contributed by atoms with Crippen LogP contribution in [0.3, 0.4) is 0 Å². The van der Waals surface area contributed by atoms with Crippen LogP contribution in [0.15, 0.2) is 65.9 Å². The Bertz CT molecular complexity index is 937. The quantitative estimate of drug-likeness (QED) is 0.437. The molecule has 0 aliphatic rings. The van der Waals surface area contributed by atoms with Crippen molar-refractivity contribution in [2.24, 2.45) is 10.7 Å². The Kier molecular flexibility index (Phi) is 6.95. The smallest absolute Gasteiger partial charge is 0.189 e. The van der Waals surface area contributed by atoms with Gasteiger partial charge in [0, 0.05) is 29.0 Å². The summed E-state index contributed by atoms with van der Waals surface area (Å²) >= 11 is 12.2. The van der Waals surface area contributed by atoms with Crippen LogP contribution in [0.2, 0.25) is 10.0 Å². The van der Waals surface area contributed by atoms with E-state index in [0.717, 1.165) is 24.4 Å². The first-order valence-corrected chi connectivity index (χ1v) is 9.84. The molecule has 1 heterocycles. The third-order valence-corrected chi connectivity index (χ3v) is 5.03. The minimum absolute atomic E-state index is 0.0913. The van der Waals surface area contributed by atoms with Gasteiger partial charge in [0.15, 0.2) is 5.96 Å². The Morgan fingerprint density at radius 1 is 1.21 bits per heavy atom. The van der Waals surface area contributed by atoms with E-state index in [1.54, 1.807) is 18.3 Å². The summed E-state index contributed by atoms with van der Waals surface area (Å²) in [5.74, 6) is 1.22. The van der Waals surface area contributed by atoms with Gasteiger partial charge >= 0.3 is 0 Å². The molecule has 1 atom stereocenters. The SMILES string of the molecule is CC(NC(N)=NCc1nccn1CCc1ccccc1)c1ccc(Cl)cc1Cl. The van der Waals surface area contributed by atoms with Crippen LogP contribution in [-0.4, -0.2) is 15.5 Å². The van der Waals surface area contributed by atoms with Crippen molar-refractivity contribution in [2.45, 2.75) is 32.5 Å². The van der Waals surface area contributed by atoms with Gasteiger partial charge in [0.1, 0.15) is 12.4 Å². The molecule has 0 radical (unpaired) electrons. The Morgan fingerprint density at radius 2 is 2.00 bits per heavy atom. The molecule has 0 spiro atoms. The zero-order valence-corrected chi connectivity index (χ0v) is 17.2. The summed E-state index contributed by atoms with van der Waals surface area (Å²) in [6.45, 7) is 3.22. The first-order chi connectivity index (χ1) is 13.5. The van der Waals surface area contributed by atoms with Gasteiger partial charge in [0.2, 0.25) is 0 Å². The molecule has 3 aromatic rings. The van der Waals surface area contributed by atoms with E-state index in [1.807, 2.05) is 25.3 Å². The molecule has 0 saturated heterocycles. The molecule has 0 aliphatic heterocycles. The van der Waals surface area contributed by atoms with Crippen molar-refractivity contribution in [1.29, 1.82) is 0 Å². The monoisotopic (exact) mass is 415 g/mol. The van der Waals surface area contributed by atoms with E-state index in [1.165, 1.54) is 5.56 Å². The lowest BCUT2D eigenvalue weighted by Crippen LogP contribution is -2.34. The number of benzene rings is 2. The van der Waals surface area contributed by atoms with E-state index in [-0.39, 0.29) is 6.04 Å². The van der Waals surface area contributed by atoms with E-state index < -0.39 is 0 Å². The van der Waals surface area contributed by atoms with Crippen LogP contribution in [-0.2, 0) is 19.5 Å². The van der Waals surface area contributed by atoms with Crippen LogP contribution in [0, 0.1) is 0 Å². The second kappa shape index (κ2) is 9.62. The summed E-state index contributed by atoms with van der Waals surface area (Å²) in [6.07, 6.45) is 4.69. The normalized spacial score (nSPS) is 12.8. The summed E-state index contributed by atoms with van der Waals surface area (Å²) < 4.78 is 2.10. The van der Waals surface area contributed by atoms with Crippen molar-refractivity contribution < 1.29 is 0 Å². The minimum atomic E-state index is -0.0913. The standard InChI is InChI=1S/C21H23Cl2N5/c1-15(18-8-7-17(22)13-19(18)23)27-21(24)26-14-20-25-10-12-28(20)11-9-16-5-3-2-4-6-16/h2-8,10,12-13,15H,9,11,14H2,1H3,(H3,24,26,27). The first-order valence-electron chi connectivity index (χ1n) is 9.08. The molecule has 146 valence electrons. The fourth-order valence-corrected chi connectivity index (χ4v) is 3.52. The summed E-state index contributed by atoms with van der Waals surface area (Å²) in [7, 11) is 0. The maximum Gasteiger partial charge on any atom is 0.189 e. The van der Waals surface area contributed by atoms with Crippen molar-refractivity contribution in [2.75, 3.05) is 0 Å². The van der Waals surface area contributed by atoms with Crippen molar-refractivity contribution in [3.63, 3.8) is 0 Å². The van der Waals surface area contributed by atoms with Crippen LogP contribution in [0.4, 0.5) is 0 Å². The second-order valence-corrected chi connectivity index (χ2v) is 7.35. The highest BCUT2D eigenvalue weighted by Crippen LogP contribution is 2.25. The zero-order valence-electron chi connectivity index (χ0n) is 15.6. The van der Waals surface area contributed by atoms with Gasteiger partial charge in [-0.2, -0.15) is 0 Å². The number of hydrogen-bond acceptors (Lipinski definition) is 2. The number of aliphatic imine (C=N–C) groups is 1. The van der Waals surface area contributed by atoms with Gasteiger partial charge < -0.3 is 15.6 Å². The summed E-state index contributed by atoms with van der Waals surface area (Å²) in [4.78, 5) is 8.82. The molecule has 3 rings (SSSR count). The number of hydrogen-bond donors (Lipinski definition) is 2. The van der Waals surface area contributed by atoms with E-state index in [9.17, 15) is 0 Å². The Labute approximate surface area is 175 Å². The molecule has 2 aromatic carbocycles. The van der Waals surface area contributed by atoms with Crippen molar-refractivity contribution in [1.82, 2.24) is 14.9 Å². The lowest BCUT2D eigenvalue weighted by Gasteiger charge is -2.16. The van der Waals surface area contributed by atoms with Crippen molar-refractivity contribution >= 4 is 29.2 Å². The highest BCUT2D eigenvalue weighted by molar-refractivity contribution is 6.35. The fraction of sp³-hybridized carbons (Fsp3) is 0.238. The molecule has 0 bridgehead atoms. The van der Waals surface area contributed by atoms with Gasteiger partial charge in [-0.15, -0.1) is 0 Å². The highest BCUT2D eigenvalue weighted by atomic mass is 35.5. The van der Waals surface area contributed by atoms with Gasteiger partial charge in [0.05, 0.1) is 6.04 Å². The molecule has 0 saturated carbocycles. The van der Waals surface area contributed by atoms with Crippen LogP contribution in [0.5, 0.6) is 0 Å². The molecule has 3 N–H and O–H groups in total. The number of nitrogens with two attached hydrogens (primary N) is 1. The summed E-state index contributed by atoms with van der Waals surface area (Å²) in [5, 5.41) is 4.36. The average molecular weight is 416 g/mol. The largest absolute Gasteiger partial charge is 0.370 e. The molecular weight excluding hydrogens is 393 g/mol. The molecule has 28 heavy (non-hydrogen) atoms. The topological polar surface area (TPSA) is 68.2 Å². The van der Waals surface area contributed by atoms with Gasteiger partial charge in [0.25, 0.3) is 0 Å². The number of aryl methyl sites for hydroxylation is 2. The zero-order chi connectivity index (χ0) is 19.9. The maximum absolute atomic E-state index is 6.25. The molecule has 5 nitrogen and oxygen atoms in total. The van der Waals surface area contributed by atoms with E-state index in [2.05, 4.69) is 44.1 Å². The summed E-state index contributed by atoms with van der Waals surface area (Å²) in [5.41, 5.74) is 8.26.